The Bertz CT molecular complexity index is 924. The minimum absolute atomic E-state index is 0.000206. The van der Waals surface area contributed by atoms with Gasteiger partial charge < -0.3 is 19.5 Å². The largest absolute Gasteiger partial charge is 0.507 e. The number of methoxy groups -OCH3 is 1. The summed E-state index contributed by atoms with van der Waals surface area (Å²) >= 11 is 0. The fourth-order valence-electron chi connectivity index (χ4n) is 3.38. The normalized spacial score (nSPS) is 18.5. The van der Waals surface area contributed by atoms with Crippen LogP contribution in [0.15, 0.2) is 54.4 Å². The van der Waals surface area contributed by atoms with Crippen LogP contribution < -0.4 is 4.74 Å². The maximum atomic E-state index is 12.9. The summed E-state index contributed by atoms with van der Waals surface area (Å²) in [6.07, 6.45) is 3.17. The van der Waals surface area contributed by atoms with Crippen LogP contribution >= 0.6 is 0 Å². The quantitative estimate of drug-likeness (QED) is 0.440. The molecule has 1 atom stereocenters. The maximum Gasteiger partial charge on any atom is 0.295 e. The first-order valence-corrected chi connectivity index (χ1v) is 9.39. The molecule has 2 aromatic rings. The third kappa shape index (κ3) is 4.14. The number of Topliss-reactive ketones (excluding diaryl/α,β-unsaturated/α-hetero) is 1. The lowest BCUT2D eigenvalue weighted by Crippen LogP contribution is -2.33. The van der Waals surface area contributed by atoms with Gasteiger partial charge in [0.15, 0.2) is 0 Å². The molecule has 1 saturated heterocycles. The molecule has 1 aromatic carbocycles. The summed E-state index contributed by atoms with van der Waals surface area (Å²) in [4.78, 5) is 31.1. The van der Waals surface area contributed by atoms with E-state index in [0.29, 0.717) is 16.9 Å². The molecule has 29 heavy (non-hydrogen) atoms. The molecule has 0 bridgehead atoms. The zero-order valence-electron chi connectivity index (χ0n) is 16.7. The van der Waals surface area contributed by atoms with Gasteiger partial charge in [-0.1, -0.05) is 12.1 Å². The van der Waals surface area contributed by atoms with Gasteiger partial charge in [0.1, 0.15) is 11.5 Å². The Morgan fingerprint density at radius 1 is 1.17 bits per heavy atom. The molecule has 2 heterocycles. The fourth-order valence-corrected chi connectivity index (χ4v) is 3.38. The summed E-state index contributed by atoms with van der Waals surface area (Å²) in [5.41, 5.74) is 1.06. The monoisotopic (exact) mass is 396 g/mol. The van der Waals surface area contributed by atoms with Gasteiger partial charge in [0, 0.05) is 18.9 Å². The number of hydrogen-bond donors (Lipinski definition) is 1. The Morgan fingerprint density at radius 2 is 1.86 bits per heavy atom. The summed E-state index contributed by atoms with van der Waals surface area (Å²) in [6, 6.07) is 9.53. The van der Waals surface area contributed by atoms with Crippen LogP contribution in [0.25, 0.3) is 5.76 Å². The van der Waals surface area contributed by atoms with Crippen molar-refractivity contribution >= 4 is 17.4 Å². The molecule has 1 aliphatic heterocycles. The van der Waals surface area contributed by atoms with Crippen molar-refractivity contribution in [3.8, 4) is 5.75 Å². The Labute approximate surface area is 169 Å². The minimum Gasteiger partial charge on any atom is -0.507 e. The molecule has 0 saturated carbocycles. The van der Waals surface area contributed by atoms with Gasteiger partial charge in [-0.3, -0.25) is 14.6 Å². The third-order valence-corrected chi connectivity index (χ3v) is 4.71. The Morgan fingerprint density at radius 3 is 2.52 bits per heavy atom. The highest BCUT2D eigenvalue weighted by Crippen LogP contribution is 2.40. The van der Waals surface area contributed by atoms with E-state index in [1.807, 2.05) is 13.8 Å². The fraction of sp³-hybridized carbons (Fsp3) is 0.318. The summed E-state index contributed by atoms with van der Waals surface area (Å²) in [6.45, 7) is 4.30. The van der Waals surface area contributed by atoms with Crippen molar-refractivity contribution in [2.45, 2.75) is 26.0 Å². The number of pyridine rings is 1. The molecule has 1 unspecified atom stereocenters. The van der Waals surface area contributed by atoms with E-state index in [1.54, 1.807) is 48.8 Å². The minimum atomic E-state index is -0.737. The zero-order valence-corrected chi connectivity index (χ0v) is 16.7. The highest BCUT2D eigenvalue weighted by Gasteiger charge is 2.46. The Hall–Kier alpha value is -3.19. The number of nitrogens with zero attached hydrogens (tertiary/aromatic N) is 2. The number of para-hydroxylation sites is 1. The number of amides is 1. The lowest BCUT2D eigenvalue weighted by atomic mass is 9.95. The number of aliphatic hydroxyl groups is 1. The van der Waals surface area contributed by atoms with Gasteiger partial charge in [-0.2, -0.15) is 0 Å². The van der Waals surface area contributed by atoms with Gasteiger partial charge in [-0.05, 0) is 43.7 Å². The predicted molar refractivity (Wildman–Crippen MR) is 107 cm³/mol. The van der Waals surface area contributed by atoms with Crippen molar-refractivity contribution in [3.63, 3.8) is 0 Å². The Kier molecular flexibility index (Phi) is 6.29. The topological polar surface area (TPSA) is 89.0 Å². The molecule has 1 N–H and O–H groups in total. The van der Waals surface area contributed by atoms with E-state index in [4.69, 9.17) is 9.47 Å². The molecule has 1 fully saturated rings. The number of likely N-dealkylation sites (tertiary alicyclic amines) is 1. The van der Waals surface area contributed by atoms with Crippen molar-refractivity contribution in [1.29, 1.82) is 0 Å². The molecular formula is C22H24N2O5. The summed E-state index contributed by atoms with van der Waals surface area (Å²) in [5.74, 6) is -1.27. The number of carbonyl (C=O) groups excluding carboxylic acids is 2. The van der Waals surface area contributed by atoms with Crippen LogP contribution in [0.3, 0.4) is 0 Å². The third-order valence-electron chi connectivity index (χ3n) is 4.71. The second kappa shape index (κ2) is 8.87. The molecule has 7 nitrogen and oxygen atoms in total. The van der Waals surface area contributed by atoms with E-state index in [2.05, 4.69) is 4.98 Å². The number of hydrogen-bond acceptors (Lipinski definition) is 6. The average Bonchev–Trinajstić information content (AvgIpc) is 2.98. The van der Waals surface area contributed by atoms with Gasteiger partial charge in [0.05, 0.1) is 37.0 Å². The summed E-state index contributed by atoms with van der Waals surface area (Å²) in [5, 5.41) is 11.0. The molecule has 1 amide bonds. The van der Waals surface area contributed by atoms with E-state index in [9.17, 15) is 14.7 Å². The molecule has 7 heteroatoms. The van der Waals surface area contributed by atoms with Crippen molar-refractivity contribution < 1.29 is 24.2 Å². The van der Waals surface area contributed by atoms with Crippen LogP contribution in [0.1, 0.15) is 31.0 Å². The van der Waals surface area contributed by atoms with Crippen molar-refractivity contribution in [2.75, 3.05) is 20.3 Å². The van der Waals surface area contributed by atoms with Gasteiger partial charge in [0.25, 0.3) is 11.7 Å². The average molecular weight is 396 g/mol. The van der Waals surface area contributed by atoms with E-state index in [0.717, 1.165) is 0 Å². The van der Waals surface area contributed by atoms with Crippen molar-refractivity contribution in [2.24, 2.45) is 0 Å². The van der Waals surface area contributed by atoms with Crippen LogP contribution in [-0.4, -0.2) is 53.0 Å². The van der Waals surface area contributed by atoms with E-state index >= 15 is 0 Å². The number of ether oxygens (including phenoxy) is 2. The molecule has 0 spiro atoms. The van der Waals surface area contributed by atoms with Crippen molar-refractivity contribution in [1.82, 2.24) is 9.88 Å². The van der Waals surface area contributed by atoms with Crippen LogP contribution in [0, 0.1) is 0 Å². The SMILES string of the molecule is COc1ccccc1/C(O)=C1/C(=O)C(=O)N(CCOC(C)C)C1c1ccncc1. The van der Waals surface area contributed by atoms with E-state index in [1.165, 1.54) is 12.0 Å². The van der Waals surface area contributed by atoms with Crippen LogP contribution in [0.5, 0.6) is 5.75 Å². The summed E-state index contributed by atoms with van der Waals surface area (Å²) < 4.78 is 10.9. The molecule has 1 aromatic heterocycles. The zero-order chi connectivity index (χ0) is 21.0. The standard InChI is InChI=1S/C22H24N2O5/c1-14(2)29-13-12-24-19(15-8-10-23-11-9-15)18(21(26)22(24)27)20(25)16-6-4-5-7-17(16)28-3/h4-11,14,19,25H,12-13H2,1-3H3/b20-18-. The lowest BCUT2D eigenvalue weighted by molar-refractivity contribution is -0.140. The van der Waals surface area contributed by atoms with Crippen LogP contribution in [-0.2, 0) is 14.3 Å². The maximum absolute atomic E-state index is 12.9. The highest BCUT2D eigenvalue weighted by molar-refractivity contribution is 6.46. The second-order valence-corrected chi connectivity index (χ2v) is 6.89. The molecule has 1 aliphatic rings. The Balaban J connectivity index is 2.11. The predicted octanol–water partition coefficient (Wildman–Crippen LogP) is 2.94. The highest BCUT2D eigenvalue weighted by atomic mass is 16.5. The summed E-state index contributed by atoms with van der Waals surface area (Å²) in [7, 11) is 1.48. The van der Waals surface area contributed by atoms with Crippen LogP contribution in [0.4, 0.5) is 0 Å². The first-order valence-electron chi connectivity index (χ1n) is 9.39. The molecule has 3 rings (SSSR count). The number of aromatic nitrogens is 1. The second-order valence-electron chi connectivity index (χ2n) is 6.89. The van der Waals surface area contributed by atoms with Crippen molar-refractivity contribution in [3.05, 3.63) is 65.5 Å². The van der Waals surface area contributed by atoms with Gasteiger partial charge >= 0.3 is 0 Å². The van der Waals surface area contributed by atoms with E-state index in [-0.39, 0.29) is 30.6 Å². The molecule has 152 valence electrons. The van der Waals surface area contributed by atoms with Gasteiger partial charge in [-0.25, -0.2) is 0 Å². The van der Waals surface area contributed by atoms with Gasteiger partial charge in [0.2, 0.25) is 0 Å². The first kappa shape index (κ1) is 20.5. The van der Waals surface area contributed by atoms with E-state index < -0.39 is 17.7 Å². The number of carbonyl (C=O) groups is 2. The number of ketones is 1. The first-order chi connectivity index (χ1) is 14.0. The van der Waals surface area contributed by atoms with Crippen LogP contribution in [0.2, 0.25) is 0 Å². The number of aliphatic hydroxyl groups excluding tert-OH is 1. The number of rotatable bonds is 7. The molecular weight excluding hydrogens is 372 g/mol. The molecule has 0 aliphatic carbocycles. The number of benzene rings is 1. The van der Waals surface area contributed by atoms with Gasteiger partial charge in [-0.15, -0.1) is 0 Å². The smallest absolute Gasteiger partial charge is 0.295 e. The molecule has 0 radical (unpaired) electrons. The lowest BCUT2D eigenvalue weighted by Gasteiger charge is -2.25.